The van der Waals surface area contributed by atoms with Crippen LogP contribution < -0.4 is 5.32 Å². The molecule has 100 valence electrons. The van der Waals surface area contributed by atoms with Gasteiger partial charge in [-0.05, 0) is 49.9 Å². The van der Waals surface area contributed by atoms with Gasteiger partial charge >= 0.3 is 0 Å². The Balaban J connectivity index is 1.93. The molecule has 0 amide bonds. The van der Waals surface area contributed by atoms with Gasteiger partial charge in [-0.1, -0.05) is 27.7 Å². The van der Waals surface area contributed by atoms with Crippen LogP contribution in [0.25, 0.3) is 0 Å². The number of rotatable bonds is 1. The fourth-order valence-electron chi connectivity index (χ4n) is 3.41. The van der Waals surface area contributed by atoms with Gasteiger partial charge in [-0.25, -0.2) is 0 Å². The number of hydrogen-bond acceptors (Lipinski definition) is 2. The monoisotopic (exact) mass is 239 g/mol. The summed E-state index contributed by atoms with van der Waals surface area (Å²) in [6, 6.07) is 0. The maximum Gasteiger partial charge on any atom is 0.119 e. The van der Waals surface area contributed by atoms with Crippen molar-refractivity contribution in [3.8, 4) is 0 Å². The topological polar surface area (TPSA) is 21.3 Å². The summed E-state index contributed by atoms with van der Waals surface area (Å²) in [6.45, 7) is 10.5. The maximum absolute atomic E-state index is 6.31. The van der Waals surface area contributed by atoms with Crippen LogP contribution >= 0.6 is 0 Å². The lowest BCUT2D eigenvalue weighted by molar-refractivity contribution is -0.168. The van der Waals surface area contributed by atoms with E-state index in [1.54, 1.807) is 0 Å². The van der Waals surface area contributed by atoms with Crippen molar-refractivity contribution in [3.63, 3.8) is 0 Å². The zero-order chi connectivity index (χ0) is 12.5. The van der Waals surface area contributed by atoms with Crippen LogP contribution in [0.4, 0.5) is 0 Å². The lowest BCUT2D eigenvalue weighted by Gasteiger charge is -2.48. The molecule has 1 spiro atoms. The van der Waals surface area contributed by atoms with E-state index in [0.717, 1.165) is 18.9 Å². The SMILES string of the molecule is CCC1CCNC2(CCC(C(C)(C)C)CC2)O1. The fraction of sp³-hybridized carbons (Fsp3) is 1.00. The molecule has 2 nitrogen and oxygen atoms in total. The third-order valence-electron chi connectivity index (χ3n) is 4.78. The molecular weight excluding hydrogens is 210 g/mol. The molecule has 0 radical (unpaired) electrons. The van der Waals surface area contributed by atoms with Crippen LogP contribution in [0.3, 0.4) is 0 Å². The lowest BCUT2D eigenvalue weighted by Crippen LogP contribution is -2.56. The molecule has 1 saturated heterocycles. The number of hydrogen-bond donors (Lipinski definition) is 1. The second-order valence-corrected chi connectivity index (χ2v) is 7.00. The van der Waals surface area contributed by atoms with Crippen molar-refractivity contribution in [3.05, 3.63) is 0 Å². The molecule has 1 atom stereocenters. The number of nitrogens with one attached hydrogen (secondary N) is 1. The highest BCUT2D eigenvalue weighted by Crippen LogP contribution is 2.43. The van der Waals surface area contributed by atoms with Crippen molar-refractivity contribution in [1.82, 2.24) is 5.32 Å². The minimum absolute atomic E-state index is 0.0284. The van der Waals surface area contributed by atoms with Gasteiger partial charge in [-0.3, -0.25) is 5.32 Å². The minimum Gasteiger partial charge on any atom is -0.357 e. The highest BCUT2D eigenvalue weighted by molar-refractivity contribution is 4.91. The van der Waals surface area contributed by atoms with Crippen LogP contribution in [0, 0.1) is 11.3 Å². The van der Waals surface area contributed by atoms with E-state index in [1.165, 1.54) is 32.1 Å². The van der Waals surface area contributed by atoms with Gasteiger partial charge in [0.25, 0.3) is 0 Å². The molecule has 1 aliphatic carbocycles. The largest absolute Gasteiger partial charge is 0.357 e. The molecule has 1 unspecified atom stereocenters. The lowest BCUT2D eigenvalue weighted by atomic mass is 9.70. The zero-order valence-electron chi connectivity index (χ0n) is 12.0. The zero-order valence-corrected chi connectivity index (χ0v) is 12.0. The second-order valence-electron chi connectivity index (χ2n) is 7.00. The van der Waals surface area contributed by atoms with Gasteiger partial charge in [0.05, 0.1) is 6.10 Å². The van der Waals surface area contributed by atoms with Gasteiger partial charge in [0.15, 0.2) is 0 Å². The van der Waals surface area contributed by atoms with E-state index in [9.17, 15) is 0 Å². The van der Waals surface area contributed by atoms with Crippen LogP contribution in [0.1, 0.15) is 66.2 Å². The molecule has 1 saturated carbocycles. The van der Waals surface area contributed by atoms with Crippen LogP contribution in [0.15, 0.2) is 0 Å². The smallest absolute Gasteiger partial charge is 0.119 e. The third-order valence-corrected chi connectivity index (χ3v) is 4.78. The van der Waals surface area contributed by atoms with E-state index in [4.69, 9.17) is 4.74 Å². The number of ether oxygens (including phenoxy) is 1. The maximum atomic E-state index is 6.31. The van der Waals surface area contributed by atoms with Crippen LogP contribution in [0.5, 0.6) is 0 Å². The molecule has 1 heterocycles. The summed E-state index contributed by atoms with van der Waals surface area (Å²) in [5.74, 6) is 0.862. The standard InChI is InChI=1S/C15H29NO/c1-5-13-8-11-16-15(17-13)9-6-12(7-10-15)14(2,3)4/h12-13,16H,5-11H2,1-4H3. The molecule has 1 N–H and O–H groups in total. The molecule has 2 rings (SSSR count). The van der Waals surface area contributed by atoms with Crippen molar-refractivity contribution in [2.45, 2.75) is 78.0 Å². The summed E-state index contributed by atoms with van der Waals surface area (Å²) in [5.41, 5.74) is 0.487. The Kier molecular flexibility index (Phi) is 3.84. The highest BCUT2D eigenvalue weighted by atomic mass is 16.5. The Morgan fingerprint density at radius 1 is 1.18 bits per heavy atom. The molecule has 0 aromatic carbocycles. The van der Waals surface area contributed by atoms with Gasteiger partial charge in [-0.2, -0.15) is 0 Å². The van der Waals surface area contributed by atoms with E-state index in [0.29, 0.717) is 11.5 Å². The molecular formula is C15H29NO. The summed E-state index contributed by atoms with van der Waals surface area (Å²) in [4.78, 5) is 0. The van der Waals surface area contributed by atoms with Gasteiger partial charge in [0, 0.05) is 6.54 Å². The predicted octanol–water partition coefficient (Wildman–Crippen LogP) is 3.71. The fourth-order valence-corrected chi connectivity index (χ4v) is 3.41. The van der Waals surface area contributed by atoms with E-state index >= 15 is 0 Å². The molecule has 2 fully saturated rings. The van der Waals surface area contributed by atoms with Crippen molar-refractivity contribution in [1.29, 1.82) is 0 Å². The van der Waals surface area contributed by atoms with Crippen molar-refractivity contribution < 1.29 is 4.74 Å². The Bertz CT molecular complexity index is 248. The third kappa shape index (κ3) is 3.03. The molecule has 1 aliphatic heterocycles. The highest BCUT2D eigenvalue weighted by Gasteiger charge is 2.42. The summed E-state index contributed by atoms with van der Waals surface area (Å²) in [5, 5.41) is 3.65. The van der Waals surface area contributed by atoms with Gasteiger partial charge in [0.2, 0.25) is 0 Å². The molecule has 17 heavy (non-hydrogen) atoms. The Hall–Kier alpha value is -0.0800. The van der Waals surface area contributed by atoms with Crippen LogP contribution in [0.2, 0.25) is 0 Å². The van der Waals surface area contributed by atoms with Gasteiger partial charge in [-0.15, -0.1) is 0 Å². The van der Waals surface area contributed by atoms with Crippen molar-refractivity contribution in [2.75, 3.05) is 6.54 Å². The quantitative estimate of drug-likeness (QED) is 0.753. The van der Waals surface area contributed by atoms with E-state index in [1.807, 2.05) is 0 Å². The summed E-state index contributed by atoms with van der Waals surface area (Å²) < 4.78 is 6.31. The average Bonchev–Trinajstić information content (AvgIpc) is 2.28. The Morgan fingerprint density at radius 3 is 2.35 bits per heavy atom. The van der Waals surface area contributed by atoms with E-state index < -0.39 is 0 Å². The Morgan fingerprint density at radius 2 is 1.82 bits per heavy atom. The van der Waals surface area contributed by atoms with Gasteiger partial charge in [0.1, 0.15) is 5.72 Å². The summed E-state index contributed by atoms with van der Waals surface area (Å²) in [6.07, 6.45) is 7.85. The van der Waals surface area contributed by atoms with Crippen molar-refractivity contribution in [2.24, 2.45) is 11.3 Å². The first-order valence-corrected chi connectivity index (χ1v) is 7.38. The van der Waals surface area contributed by atoms with E-state index in [2.05, 4.69) is 33.0 Å². The Labute approximate surface area is 107 Å². The van der Waals surface area contributed by atoms with Crippen LogP contribution in [-0.4, -0.2) is 18.4 Å². The molecule has 0 bridgehead atoms. The van der Waals surface area contributed by atoms with E-state index in [-0.39, 0.29) is 5.72 Å². The van der Waals surface area contributed by atoms with Gasteiger partial charge < -0.3 is 4.74 Å². The molecule has 2 aliphatic rings. The predicted molar refractivity (Wildman–Crippen MR) is 71.9 cm³/mol. The first-order chi connectivity index (χ1) is 7.95. The first-order valence-electron chi connectivity index (χ1n) is 7.38. The minimum atomic E-state index is 0.0284. The second kappa shape index (κ2) is 4.89. The summed E-state index contributed by atoms with van der Waals surface area (Å²) >= 11 is 0. The average molecular weight is 239 g/mol. The molecule has 0 aromatic rings. The van der Waals surface area contributed by atoms with Crippen LogP contribution in [-0.2, 0) is 4.74 Å². The molecule has 0 aromatic heterocycles. The summed E-state index contributed by atoms with van der Waals surface area (Å²) in [7, 11) is 0. The molecule has 2 heteroatoms. The first kappa shape index (κ1) is 13.4. The normalized spacial score (nSPS) is 39.5. The van der Waals surface area contributed by atoms with Crippen molar-refractivity contribution >= 4 is 0 Å².